The lowest BCUT2D eigenvalue weighted by Crippen LogP contribution is -2.62. The van der Waals surface area contributed by atoms with Crippen LogP contribution in [0.25, 0.3) is 0 Å². The lowest BCUT2D eigenvalue weighted by Gasteiger charge is -2.48. The van der Waals surface area contributed by atoms with E-state index in [4.69, 9.17) is 10.8 Å². The van der Waals surface area contributed by atoms with Gasteiger partial charge in [-0.3, -0.25) is 16.3 Å². The van der Waals surface area contributed by atoms with Crippen LogP contribution in [0, 0.1) is 0 Å². The summed E-state index contributed by atoms with van der Waals surface area (Å²) >= 11 is 0. The van der Waals surface area contributed by atoms with E-state index in [2.05, 4.69) is 44.3 Å². The van der Waals surface area contributed by atoms with Crippen molar-refractivity contribution in [2.45, 2.75) is 63.5 Å². The second kappa shape index (κ2) is 6.86. The van der Waals surface area contributed by atoms with E-state index in [9.17, 15) is 0 Å². The number of pyridine rings is 1. The van der Waals surface area contributed by atoms with Crippen molar-refractivity contribution in [3.63, 3.8) is 0 Å². The number of aromatic nitrogens is 1. The standard InChI is InChI=1S/C17H30N4/c1-5-17(6-2,21(3)4)16(20-18)14-11-7-9-13-10-8-12-19-15(13)14/h8,10,12,14,16,20H,5-7,9,11,18H2,1-4H3. The molecule has 2 rings (SSSR count). The summed E-state index contributed by atoms with van der Waals surface area (Å²) in [4.78, 5) is 7.04. The first-order chi connectivity index (χ1) is 10.1. The van der Waals surface area contributed by atoms with Gasteiger partial charge in [-0.05, 0) is 57.8 Å². The van der Waals surface area contributed by atoms with Gasteiger partial charge in [-0.2, -0.15) is 0 Å². The van der Waals surface area contributed by atoms with E-state index >= 15 is 0 Å². The predicted octanol–water partition coefficient (Wildman–Crippen LogP) is 2.45. The fraction of sp³-hybridized carbons (Fsp3) is 0.706. The van der Waals surface area contributed by atoms with Crippen LogP contribution in [-0.4, -0.2) is 35.6 Å². The summed E-state index contributed by atoms with van der Waals surface area (Å²) in [7, 11) is 4.33. The van der Waals surface area contributed by atoms with Gasteiger partial charge in [0.25, 0.3) is 0 Å². The van der Waals surface area contributed by atoms with Crippen LogP contribution in [0.4, 0.5) is 0 Å². The molecular weight excluding hydrogens is 260 g/mol. The number of rotatable bonds is 6. The first-order valence-electron chi connectivity index (χ1n) is 8.18. The quantitative estimate of drug-likeness (QED) is 0.624. The number of hydrazine groups is 1. The van der Waals surface area contributed by atoms with E-state index in [-0.39, 0.29) is 11.6 Å². The highest BCUT2D eigenvalue weighted by atomic mass is 15.3. The van der Waals surface area contributed by atoms with Gasteiger partial charge in [0.2, 0.25) is 0 Å². The van der Waals surface area contributed by atoms with E-state index in [0.717, 1.165) is 25.7 Å². The van der Waals surface area contributed by atoms with Gasteiger partial charge in [0, 0.05) is 29.4 Å². The maximum Gasteiger partial charge on any atom is 0.0483 e. The molecule has 0 fully saturated rings. The Morgan fingerprint density at radius 1 is 1.43 bits per heavy atom. The Bertz CT molecular complexity index is 454. The minimum atomic E-state index is 0.0611. The van der Waals surface area contributed by atoms with Crippen LogP contribution in [0.15, 0.2) is 18.3 Å². The average molecular weight is 290 g/mol. The second-order valence-corrected chi connectivity index (χ2v) is 6.40. The van der Waals surface area contributed by atoms with Gasteiger partial charge in [0.15, 0.2) is 0 Å². The maximum absolute atomic E-state index is 6.03. The van der Waals surface area contributed by atoms with Crippen molar-refractivity contribution in [2.75, 3.05) is 14.1 Å². The number of aryl methyl sites for hydroxylation is 1. The number of nitrogens with two attached hydrogens (primary N) is 1. The lowest BCUT2D eigenvalue weighted by atomic mass is 9.71. The summed E-state index contributed by atoms with van der Waals surface area (Å²) in [5, 5.41) is 0. The molecule has 0 bridgehead atoms. The molecule has 0 aliphatic heterocycles. The molecular formula is C17H30N4. The number of likely N-dealkylation sites (N-methyl/N-ethyl adjacent to an activating group) is 1. The van der Waals surface area contributed by atoms with E-state index in [1.807, 2.05) is 12.3 Å². The molecule has 0 saturated carbocycles. The molecule has 4 nitrogen and oxygen atoms in total. The molecule has 2 unspecified atom stereocenters. The predicted molar refractivity (Wildman–Crippen MR) is 88.0 cm³/mol. The molecule has 1 aromatic heterocycles. The van der Waals surface area contributed by atoms with E-state index in [0.29, 0.717) is 5.92 Å². The Morgan fingerprint density at radius 3 is 2.71 bits per heavy atom. The van der Waals surface area contributed by atoms with Crippen molar-refractivity contribution in [3.05, 3.63) is 29.6 Å². The van der Waals surface area contributed by atoms with Crippen LogP contribution in [0.3, 0.4) is 0 Å². The minimum absolute atomic E-state index is 0.0611. The molecule has 0 saturated heterocycles. The van der Waals surface area contributed by atoms with Crippen molar-refractivity contribution in [3.8, 4) is 0 Å². The Morgan fingerprint density at radius 2 is 2.14 bits per heavy atom. The van der Waals surface area contributed by atoms with Gasteiger partial charge >= 0.3 is 0 Å². The van der Waals surface area contributed by atoms with E-state index in [1.165, 1.54) is 17.7 Å². The van der Waals surface area contributed by atoms with Gasteiger partial charge in [-0.15, -0.1) is 0 Å². The Hall–Kier alpha value is -0.970. The number of nitrogens with zero attached hydrogens (tertiary/aromatic N) is 2. The highest BCUT2D eigenvalue weighted by Crippen LogP contribution is 2.39. The topological polar surface area (TPSA) is 54.2 Å². The third-order valence-corrected chi connectivity index (χ3v) is 5.51. The highest BCUT2D eigenvalue weighted by Gasteiger charge is 2.43. The first kappa shape index (κ1) is 16.4. The molecule has 0 aromatic carbocycles. The summed E-state index contributed by atoms with van der Waals surface area (Å²) < 4.78 is 0. The number of fused-ring (bicyclic) bond motifs is 1. The number of nitrogens with one attached hydrogen (secondary N) is 1. The normalized spacial score (nSPS) is 20.4. The van der Waals surface area contributed by atoms with Gasteiger partial charge in [0.05, 0.1) is 0 Å². The van der Waals surface area contributed by atoms with Gasteiger partial charge in [-0.25, -0.2) is 0 Å². The fourth-order valence-corrected chi connectivity index (χ4v) is 4.22. The van der Waals surface area contributed by atoms with Gasteiger partial charge < -0.3 is 4.90 Å². The summed E-state index contributed by atoms with van der Waals surface area (Å²) in [6.45, 7) is 4.52. The third-order valence-electron chi connectivity index (χ3n) is 5.51. The fourth-order valence-electron chi connectivity index (χ4n) is 4.22. The highest BCUT2D eigenvalue weighted by molar-refractivity contribution is 5.28. The van der Waals surface area contributed by atoms with Crippen LogP contribution < -0.4 is 11.3 Å². The van der Waals surface area contributed by atoms with Crippen molar-refractivity contribution >= 4 is 0 Å². The van der Waals surface area contributed by atoms with Crippen LogP contribution >= 0.6 is 0 Å². The zero-order chi connectivity index (χ0) is 15.5. The van der Waals surface area contributed by atoms with Gasteiger partial charge in [-0.1, -0.05) is 19.9 Å². The molecule has 1 aliphatic carbocycles. The molecule has 118 valence electrons. The minimum Gasteiger partial charge on any atom is -0.302 e. The van der Waals surface area contributed by atoms with Crippen LogP contribution in [-0.2, 0) is 6.42 Å². The molecule has 2 atom stereocenters. The van der Waals surface area contributed by atoms with Crippen molar-refractivity contribution in [1.82, 2.24) is 15.3 Å². The zero-order valence-corrected chi connectivity index (χ0v) is 13.9. The first-order valence-corrected chi connectivity index (χ1v) is 8.18. The Labute approximate surface area is 129 Å². The summed E-state index contributed by atoms with van der Waals surface area (Å²) in [5.41, 5.74) is 5.86. The smallest absolute Gasteiger partial charge is 0.0483 e. The molecule has 1 aliphatic rings. The van der Waals surface area contributed by atoms with Crippen molar-refractivity contribution in [1.29, 1.82) is 0 Å². The molecule has 3 N–H and O–H groups in total. The SMILES string of the molecule is CCC(CC)(C(NN)C1CCCc2cccnc21)N(C)C. The lowest BCUT2D eigenvalue weighted by molar-refractivity contribution is 0.0709. The molecule has 0 radical (unpaired) electrons. The zero-order valence-electron chi connectivity index (χ0n) is 13.9. The number of hydrogen-bond acceptors (Lipinski definition) is 4. The van der Waals surface area contributed by atoms with E-state index < -0.39 is 0 Å². The molecule has 0 amide bonds. The van der Waals surface area contributed by atoms with Gasteiger partial charge in [0.1, 0.15) is 0 Å². The third kappa shape index (κ3) is 2.85. The van der Waals surface area contributed by atoms with Crippen LogP contribution in [0.2, 0.25) is 0 Å². The Kier molecular flexibility index (Phi) is 5.36. The van der Waals surface area contributed by atoms with E-state index in [1.54, 1.807) is 0 Å². The molecule has 1 aromatic rings. The largest absolute Gasteiger partial charge is 0.302 e. The summed E-state index contributed by atoms with van der Waals surface area (Å²) in [5.74, 6) is 6.42. The average Bonchev–Trinajstić information content (AvgIpc) is 2.52. The molecule has 21 heavy (non-hydrogen) atoms. The summed E-state index contributed by atoms with van der Waals surface area (Å²) in [6, 6.07) is 4.49. The number of hydrogen-bond donors (Lipinski definition) is 2. The van der Waals surface area contributed by atoms with Crippen LogP contribution in [0.1, 0.15) is 56.7 Å². The monoisotopic (exact) mass is 290 g/mol. The van der Waals surface area contributed by atoms with Crippen LogP contribution in [0.5, 0.6) is 0 Å². The van der Waals surface area contributed by atoms with Crippen molar-refractivity contribution < 1.29 is 0 Å². The Balaban J connectivity index is 2.42. The molecule has 1 heterocycles. The molecule has 4 heteroatoms. The molecule has 0 spiro atoms. The second-order valence-electron chi connectivity index (χ2n) is 6.40. The maximum atomic E-state index is 6.03. The van der Waals surface area contributed by atoms with Crippen molar-refractivity contribution in [2.24, 2.45) is 5.84 Å². The summed E-state index contributed by atoms with van der Waals surface area (Å²) in [6.07, 6.45) is 7.59.